The highest BCUT2D eigenvalue weighted by Gasteiger charge is 2.52. The molecule has 0 saturated carbocycles. The van der Waals surface area contributed by atoms with Crippen LogP contribution in [0.2, 0.25) is 0 Å². The van der Waals surface area contributed by atoms with E-state index in [0.717, 1.165) is 0 Å². The van der Waals surface area contributed by atoms with Crippen LogP contribution in [0.25, 0.3) is 0 Å². The molecule has 24 heavy (non-hydrogen) atoms. The summed E-state index contributed by atoms with van der Waals surface area (Å²) in [6.45, 7) is -1.46. The van der Waals surface area contributed by atoms with E-state index in [9.17, 15) is 35.8 Å². The van der Waals surface area contributed by atoms with Crippen molar-refractivity contribution in [2.24, 2.45) is 0 Å². The summed E-state index contributed by atoms with van der Waals surface area (Å²) in [5.41, 5.74) is 0. The Kier molecular flexibility index (Phi) is 6.46. The number of ether oxygens (including phenoxy) is 2. The Bertz CT molecular complexity index is 374. The van der Waals surface area contributed by atoms with Crippen molar-refractivity contribution in [3.8, 4) is 0 Å². The Hall–Kier alpha value is -0.480. The highest BCUT2D eigenvalue weighted by molar-refractivity contribution is 4.95. The number of rotatable bonds is 4. The zero-order chi connectivity index (χ0) is 18.2. The van der Waals surface area contributed by atoms with Crippen LogP contribution in [0, 0.1) is 0 Å². The highest BCUT2D eigenvalue weighted by atomic mass is 16.7. The van der Waals surface area contributed by atoms with Crippen molar-refractivity contribution in [2.75, 3.05) is 13.2 Å². The maximum absolute atomic E-state index is 10.2. The van der Waals surface area contributed by atoms with Gasteiger partial charge in [-0.05, 0) is 0 Å². The first-order valence-electron chi connectivity index (χ1n) is 7.32. The Labute approximate surface area is 136 Å². The van der Waals surface area contributed by atoms with Gasteiger partial charge in [0.1, 0.15) is 48.8 Å². The molecule has 0 aliphatic carbocycles. The third-order valence-corrected chi connectivity index (χ3v) is 4.26. The van der Waals surface area contributed by atoms with E-state index in [1.807, 2.05) is 0 Å². The van der Waals surface area contributed by atoms with Gasteiger partial charge in [0.25, 0.3) is 0 Å². The molecule has 0 radical (unpaired) electrons. The van der Waals surface area contributed by atoms with Crippen molar-refractivity contribution < 1.29 is 55.5 Å². The van der Waals surface area contributed by atoms with Gasteiger partial charge in [0.2, 0.25) is 0 Å². The van der Waals surface area contributed by atoms with Crippen molar-refractivity contribution in [1.29, 1.82) is 0 Å². The van der Waals surface area contributed by atoms with E-state index in [1.165, 1.54) is 0 Å². The van der Waals surface area contributed by atoms with E-state index in [2.05, 4.69) is 0 Å². The number of hydrogen-bond acceptors (Lipinski definition) is 12. The van der Waals surface area contributed by atoms with Gasteiger partial charge in [0.15, 0.2) is 12.5 Å². The number of aliphatic hydroxyl groups excluding tert-OH is 8. The minimum atomic E-state index is -1.85. The lowest BCUT2D eigenvalue weighted by molar-refractivity contribution is -0.389. The summed E-state index contributed by atoms with van der Waals surface area (Å²) in [4.78, 5) is 0. The normalized spacial score (nSPS) is 50.2. The van der Waals surface area contributed by atoms with Gasteiger partial charge in [-0.3, -0.25) is 0 Å². The van der Waals surface area contributed by atoms with Crippen LogP contribution in [0.4, 0.5) is 0 Å². The molecule has 2 unspecified atom stereocenters. The zero-order valence-corrected chi connectivity index (χ0v) is 12.5. The van der Waals surface area contributed by atoms with Gasteiger partial charge in [0.05, 0.1) is 13.2 Å². The quantitative estimate of drug-likeness (QED) is 0.216. The van der Waals surface area contributed by atoms with Gasteiger partial charge in [-0.1, -0.05) is 0 Å². The van der Waals surface area contributed by atoms with Crippen molar-refractivity contribution in [1.82, 2.24) is 5.06 Å². The summed E-state index contributed by atoms with van der Waals surface area (Å²) < 4.78 is 10.2. The zero-order valence-electron chi connectivity index (χ0n) is 12.5. The largest absolute Gasteiger partial charge is 0.394 e. The van der Waals surface area contributed by atoms with Gasteiger partial charge in [-0.2, -0.15) is 0 Å². The van der Waals surface area contributed by atoms with E-state index in [4.69, 9.17) is 19.7 Å². The molecule has 2 saturated heterocycles. The molecule has 0 aromatic carbocycles. The molecule has 142 valence electrons. The lowest BCUT2D eigenvalue weighted by Gasteiger charge is -2.48. The van der Waals surface area contributed by atoms with E-state index in [-0.39, 0.29) is 5.06 Å². The highest BCUT2D eigenvalue weighted by Crippen LogP contribution is 2.29. The molecule has 0 aromatic rings. The molecule has 12 nitrogen and oxygen atoms in total. The SMILES string of the molecule is OC[C@H]1OC(N(O)C2O[C@H](CO)[C@@H](O)[C@H](O)[C@H]2O)[C@H](O)[C@@H](O)[C@H]1O. The second kappa shape index (κ2) is 7.82. The summed E-state index contributed by atoms with van der Waals surface area (Å²) in [6, 6.07) is 0. The number of aliphatic hydroxyl groups is 8. The second-order valence-corrected chi connectivity index (χ2v) is 5.82. The third-order valence-electron chi connectivity index (χ3n) is 4.26. The fraction of sp³-hybridized carbons (Fsp3) is 1.00. The van der Waals surface area contributed by atoms with Gasteiger partial charge >= 0.3 is 0 Å². The fourth-order valence-electron chi connectivity index (χ4n) is 2.75. The third kappa shape index (κ3) is 3.41. The maximum atomic E-state index is 10.2. The van der Waals surface area contributed by atoms with Crippen molar-refractivity contribution in [3.63, 3.8) is 0 Å². The first-order valence-corrected chi connectivity index (χ1v) is 7.32. The summed E-state index contributed by atoms with van der Waals surface area (Å²) in [7, 11) is 0. The fourth-order valence-corrected chi connectivity index (χ4v) is 2.75. The Morgan fingerprint density at radius 3 is 1.21 bits per heavy atom. The van der Waals surface area contributed by atoms with Crippen molar-refractivity contribution in [3.05, 3.63) is 0 Å². The lowest BCUT2D eigenvalue weighted by Crippen LogP contribution is -2.69. The topological polar surface area (TPSA) is 204 Å². The van der Waals surface area contributed by atoms with Crippen LogP contribution in [0.1, 0.15) is 0 Å². The van der Waals surface area contributed by atoms with Crippen LogP contribution in [-0.2, 0) is 9.47 Å². The Balaban J connectivity index is 2.18. The molecule has 2 fully saturated rings. The van der Waals surface area contributed by atoms with Crippen molar-refractivity contribution in [2.45, 2.75) is 61.3 Å². The van der Waals surface area contributed by atoms with Crippen LogP contribution < -0.4 is 0 Å². The Morgan fingerprint density at radius 2 is 0.917 bits per heavy atom. The predicted octanol–water partition coefficient (Wildman–Crippen LogP) is -5.72. The molecular weight excluding hydrogens is 334 g/mol. The van der Waals surface area contributed by atoms with Crippen LogP contribution >= 0.6 is 0 Å². The number of hydrogen-bond donors (Lipinski definition) is 9. The van der Waals surface area contributed by atoms with Crippen LogP contribution in [0.5, 0.6) is 0 Å². The summed E-state index contributed by atoms with van der Waals surface area (Å²) in [5.74, 6) is 0. The molecule has 2 rings (SSSR count). The molecule has 0 spiro atoms. The minimum Gasteiger partial charge on any atom is -0.394 e. The average Bonchev–Trinajstić information content (AvgIpc) is 2.58. The monoisotopic (exact) mass is 357 g/mol. The van der Waals surface area contributed by atoms with Crippen molar-refractivity contribution >= 4 is 0 Å². The summed E-state index contributed by atoms with van der Waals surface area (Å²) in [6.07, 6.45) is -16.6. The first-order chi connectivity index (χ1) is 11.2. The summed E-state index contributed by atoms with van der Waals surface area (Å²) >= 11 is 0. The molecule has 2 aliphatic rings. The van der Waals surface area contributed by atoms with E-state index >= 15 is 0 Å². The summed E-state index contributed by atoms with van der Waals surface area (Å²) in [5, 5.41) is 87.3. The van der Waals surface area contributed by atoms with Gasteiger partial charge in [-0.25, -0.2) is 0 Å². The molecule has 10 atom stereocenters. The van der Waals surface area contributed by atoms with Gasteiger partial charge in [-0.15, -0.1) is 5.06 Å². The lowest BCUT2D eigenvalue weighted by atomic mass is 9.96. The van der Waals surface area contributed by atoms with Gasteiger partial charge in [0, 0.05) is 0 Å². The Morgan fingerprint density at radius 1 is 0.583 bits per heavy atom. The minimum absolute atomic E-state index is 0.144. The first kappa shape index (κ1) is 19.8. The molecule has 2 aliphatic heterocycles. The standard InChI is InChI=1S/C12H23NO11/c14-1-3-5(16)7(18)9(20)11(23-3)13(22)12-10(21)8(19)6(17)4(2-15)24-12/h3-12,14-22H,1-2H2/t3-,4-,5-,6+,7+,8+,9-,10-,11?,12?/m1/s1. The predicted molar refractivity (Wildman–Crippen MR) is 71.2 cm³/mol. The maximum Gasteiger partial charge on any atom is 0.164 e. The van der Waals surface area contributed by atoms with E-state index < -0.39 is 74.5 Å². The number of hydroxylamine groups is 2. The van der Waals surface area contributed by atoms with E-state index in [1.54, 1.807) is 0 Å². The van der Waals surface area contributed by atoms with Gasteiger partial charge < -0.3 is 55.5 Å². The second-order valence-electron chi connectivity index (χ2n) is 5.82. The molecule has 2 heterocycles. The molecule has 0 bridgehead atoms. The smallest absolute Gasteiger partial charge is 0.164 e. The van der Waals surface area contributed by atoms with Crippen LogP contribution in [0.15, 0.2) is 0 Å². The molecular formula is C12H23NO11. The molecule has 0 aromatic heterocycles. The van der Waals surface area contributed by atoms with Crippen LogP contribution in [0.3, 0.4) is 0 Å². The molecule has 12 heteroatoms. The average molecular weight is 357 g/mol. The molecule has 0 amide bonds. The van der Waals surface area contributed by atoms with E-state index in [0.29, 0.717) is 0 Å². The number of nitrogens with zero attached hydrogens (tertiary/aromatic N) is 1. The molecule has 9 N–H and O–H groups in total. The van der Waals surface area contributed by atoms with Crippen LogP contribution in [-0.4, -0.2) is 126 Å².